The largest absolute Gasteiger partial charge is 0.348 e. The zero-order valence-corrected chi connectivity index (χ0v) is 14.6. The molecule has 1 aliphatic rings. The Morgan fingerprint density at radius 3 is 2.57 bits per heavy atom. The van der Waals surface area contributed by atoms with Gasteiger partial charge in [-0.15, -0.1) is 0 Å². The number of aryl methyl sites for hydroxylation is 1. The van der Waals surface area contributed by atoms with Crippen LogP contribution in [0.3, 0.4) is 0 Å². The Kier molecular flexibility index (Phi) is 5.11. The Hall–Kier alpha value is -0.860. The van der Waals surface area contributed by atoms with Crippen LogP contribution in [0.2, 0.25) is 0 Å². The van der Waals surface area contributed by atoms with E-state index in [1.165, 1.54) is 10.6 Å². The number of halogens is 1. The Morgan fingerprint density at radius 2 is 2.05 bits per heavy atom. The van der Waals surface area contributed by atoms with Crippen molar-refractivity contribution in [2.75, 3.05) is 19.3 Å². The summed E-state index contributed by atoms with van der Waals surface area (Å²) in [5, 5.41) is 2.99. The molecular weight excluding hydrogens is 358 g/mol. The first-order chi connectivity index (χ1) is 9.81. The molecule has 1 amide bonds. The van der Waals surface area contributed by atoms with Crippen molar-refractivity contribution < 1.29 is 13.2 Å². The van der Waals surface area contributed by atoms with E-state index in [2.05, 4.69) is 21.2 Å². The second-order valence-electron chi connectivity index (χ2n) is 5.24. The molecule has 1 aromatic rings. The van der Waals surface area contributed by atoms with E-state index in [1.807, 2.05) is 17.7 Å². The maximum Gasteiger partial charge on any atom is 0.268 e. The molecular formula is C13H20BrN3O3S. The Morgan fingerprint density at radius 1 is 1.43 bits per heavy atom. The molecule has 0 saturated carbocycles. The number of hydrogen-bond acceptors (Lipinski definition) is 3. The lowest BCUT2D eigenvalue weighted by atomic mass is 10.1. The summed E-state index contributed by atoms with van der Waals surface area (Å²) in [5.41, 5.74) is 0.620. The van der Waals surface area contributed by atoms with E-state index >= 15 is 0 Å². The zero-order chi connectivity index (χ0) is 15.6. The standard InChI is InChI=1S/C13H20BrN3O3S/c1-3-16-9-10(14)8-12(16)13(18)15-11-4-6-17(7-5-11)21(2,19)20/h8-9,11H,3-7H2,1-2H3,(H,15,18). The molecule has 0 aromatic carbocycles. The van der Waals surface area contributed by atoms with Gasteiger partial charge in [-0.3, -0.25) is 4.79 Å². The minimum Gasteiger partial charge on any atom is -0.348 e. The van der Waals surface area contributed by atoms with Crippen molar-refractivity contribution in [1.29, 1.82) is 0 Å². The zero-order valence-electron chi connectivity index (χ0n) is 12.2. The number of amides is 1. The molecule has 1 saturated heterocycles. The SMILES string of the molecule is CCn1cc(Br)cc1C(=O)NC1CCN(S(C)(=O)=O)CC1. The van der Waals surface area contributed by atoms with Crippen LogP contribution in [0.5, 0.6) is 0 Å². The lowest BCUT2D eigenvalue weighted by Crippen LogP contribution is -2.46. The fourth-order valence-electron chi connectivity index (χ4n) is 2.52. The van der Waals surface area contributed by atoms with Crippen LogP contribution in [0.15, 0.2) is 16.7 Å². The fraction of sp³-hybridized carbons (Fsp3) is 0.615. The number of nitrogens with zero attached hydrogens (tertiary/aromatic N) is 2. The lowest BCUT2D eigenvalue weighted by Gasteiger charge is -2.30. The first kappa shape index (κ1) is 16.5. The van der Waals surface area contributed by atoms with Gasteiger partial charge in [-0.2, -0.15) is 0 Å². The van der Waals surface area contributed by atoms with Crippen LogP contribution < -0.4 is 5.32 Å². The second-order valence-corrected chi connectivity index (χ2v) is 8.14. The highest BCUT2D eigenvalue weighted by Crippen LogP contribution is 2.17. The van der Waals surface area contributed by atoms with Crippen LogP contribution in [-0.4, -0.2) is 48.6 Å². The number of sulfonamides is 1. The summed E-state index contributed by atoms with van der Waals surface area (Å²) in [5.74, 6) is -0.111. The first-order valence-corrected chi connectivity index (χ1v) is 9.57. The van der Waals surface area contributed by atoms with Gasteiger partial charge in [0.15, 0.2) is 0 Å². The van der Waals surface area contributed by atoms with E-state index in [4.69, 9.17) is 0 Å². The van der Waals surface area contributed by atoms with Crippen LogP contribution in [0.25, 0.3) is 0 Å². The Balaban J connectivity index is 1.96. The third kappa shape index (κ3) is 4.08. The maximum atomic E-state index is 12.3. The van der Waals surface area contributed by atoms with Gasteiger partial charge >= 0.3 is 0 Å². The summed E-state index contributed by atoms with van der Waals surface area (Å²) < 4.78 is 27.1. The number of piperidine rings is 1. The molecule has 0 bridgehead atoms. The predicted octanol–water partition coefficient (Wildman–Crippen LogP) is 1.42. The van der Waals surface area contributed by atoms with Gasteiger partial charge in [-0.1, -0.05) is 0 Å². The first-order valence-electron chi connectivity index (χ1n) is 6.93. The average Bonchev–Trinajstić information content (AvgIpc) is 2.79. The van der Waals surface area contributed by atoms with Crippen LogP contribution in [0, 0.1) is 0 Å². The molecule has 2 rings (SSSR count). The smallest absolute Gasteiger partial charge is 0.268 e. The van der Waals surface area contributed by atoms with Crippen molar-refractivity contribution in [2.45, 2.75) is 32.4 Å². The highest BCUT2D eigenvalue weighted by atomic mass is 79.9. The Labute approximate surface area is 133 Å². The molecule has 0 unspecified atom stereocenters. The van der Waals surface area contributed by atoms with Crippen molar-refractivity contribution in [1.82, 2.24) is 14.2 Å². The van der Waals surface area contributed by atoms with Gasteiger partial charge in [0.25, 0.3) is 5.91 Å². The number of carbonyl (C=O) groups excluding carboxylic acids is 1. The van der Waals surface area contributed by atoms with Crippen LogP contribution >= 0.6 is 15.9 Å². The van der Waals surface area contributed by atoms with Crippen molar-refractivity contribution in [3.05, 3.63) is 22.4 Å². The van der Waals surface area contributed by atoms with E-state index in [0.717, 1.165) is 11.0 Å². The highest BCUT2D eigenvalue weighted by Gasteiger charge is 2.26. The lowest BCUT2D eigenvalue weighted by molar-refractivity contribution is 0.0914. The third-order valence-electron chi connectivity index (χ3n) is 3.69. The van der Waals surface area contributed by atoms with Gasteiger partial charge in [-0.05, 0) is 41.8 Å². The molecule has 1 fully saturated rings. The molecule has 0 radical (unpaired) electrons. The van der Waals surface area contributed by atoms with E-state index in [1.54, 1.807) is 6.07 Å². The predicted molar refractivity (Wildman–Crippen MR) is 84.7 cm³/mol. The molecule has 0 spiro atoms. The summed E-state index contributed by atoms with van der Waals surface area (Å²) in [7, 11) is -3.13. The molecule has 1 N–H and O–H groups in total. The molecule has 0 atom stereocenters. The van der Waals surface area contributed by atoms with E-state index in [0.29, 0.717) is 31.6 Å². The van der Waals surface area contributed by atoms with Gasteiger partial charge in [0.05, 0.1) is 6.26 Å². The van der Waals surface area contributed by atoms with Gasteiger partial charge < -0.3 is 9.88 Å². The van der Waals surface area contributed by atoms with Crippen molar-refractivity contribution in [3.8, 4) is 0 Å². The molecule has 118 valence electrons. The summed E-state index contributed by atoms with van der Waals surface area (Å²) in [6.07, 6.45) is 4.39. The van der Waals surface area contributed by atoms with Crippen LogP contribution in [-0.2, 0) is 16.6 Å². The average molecular weight is 378 g/mol. The number of hydrogen-bond donors (Lipinski definition) is 1. The molecule has 21 heavy (non-hydrogen) atoms. The monoisotopic (exact) mass is 377 g/mol. The molecule has 2 heterocycles. The highest BCUT2D eigenvalue weighted by molar-refractivity contribution is 9.10. The summed E-state index contributed by atoms with van der Waals surface area (Å²) >= 11 is 3.37. The van der Waals surface area contributed by atoms with Crippen molar-refractivity contribution >= 4 is 31.9 Å². The molecule has 8 heteroatoms. The maximum absolute atomic E-state index is 12.3. The molecule has 1 aliphatic heterocycles. The number of nitrogens with one attached hydrogen (secondary N) is 1. The molecule has 1 aromatic heterocycles. The van der Waals surface area contributed by atoms with Crippen molar-refractivity contribution in [3.63, 3.8) is 0 Å². The van der Waals surface area contributed by atoms with Crippen LogP contribution in [0.1, 0.15) is 30.3 Å². The molecule has 6 nitrogen and oxygen atoms in total. The molecule has 0 aliphatic carbocycles. The third-order valence-corrected chi connectivity index (χ3v) is 5.43. The summed E-state index contributed by atoms with van der Waals surface area (Å²) in [4.78, 5) is 12.3. The summed E-state index contributed by atoms with van der Waals surface area (Å²) in [6.45, 7) is 3.62. The number of aromatic nitrogens is 1. The van der Waals surface area contributed by atoms with Crippen LogP contribution in [0.4, 0.5) is 0 Å². The minimum atomic E-state index is -3.13. The summed E-state index contributed by atoms with van der Waals surface area (Å²) in [6, 6.07) is 1.82. The van der Waals surface area contributed by atoms with Gasteiger partial charge in [0.1, 0.15) is 5.69 Å². The van der Waals surface area contributed by atoms with E-state index in [-0.39, 0.29) is 11.9 Å². The normalized spacial score (nSPS) is 17.9. The topological polar surface area (TPSA) is 71.4 Å². The van der Waals surface area contributed by atoms with E-state index < -0.39 is 10.0 Å². The second kappa shape index (κ2) is 6.50. The number of carbonyl (C=O) groups is 1. The minimum absolute atomic E-state index is 0.0227. The van der Waals surface area contributed by atoms with E-state index in [9.17, 15) is 13.2 Å². The van der Waals surface area contributed by atoms with Crippen molar-refractivity contribution in [2.24, 2.45) is 0 Å². The van der Waals surface area contributed by atoms with Gasteiger partial charge in [-0.25, -0.2) is 12.7 Å². The quantitative estimate of drug-likeness (QED) is 0.862. The fourth-order valence-corrected chi connectivity index (χ4v) is 3.86. The number of rotatable bonds is 4. The van der Waals surface area contributed by atoms with Gasteiger partial charge in [0.2, 0.25) is 10.0 Å². The Bertz CT molecular complexity index is 619. The van der Waals surface area contributed by atoms with Gasteiger partial charge in [0, 0.05) is 36.3 Å².